The van der Waals surface area contributed by atoms with Gasteiger partial charge in [-0.3, -0.25) is 15.0 Å². The number of nitrogens with zero attached hydrogens (tertiary/aromatic N) is 1. The lowest BCUT2D eigenvalue weighted by Gasteiger charge is -2.16. The zero-order valence-corrected chi connectivity index (χ0v) is 12.8. The molecular formula is C15H19N5O4. The van der Waals surface area contributed by atoms with Gasteiger partial charge in [-0.2, -0.15) is 0 Å². The summed E-state index contributed by atoms with van der Waals surface area (Å²) < 4.78 is 0. The second-order valence-corrected chi connectivity index (χ2v) is 5.52. The molecule has 1 aliphatic heterocycles. The number of benzene rings is 1. The molecule has 0 aromatic heterocycles. The number of carbonyl (C=O) groups is 2. The van der Waals surface area contributed by atoms with Crippen LogP contribution < -0.4 is 17.2 Å². The number of carbonyl (C=O) groups excluding carboxylic acids is 1. The van der Waals surface area contributed by atoms with E-state index in [2.05, 4.69) is 5.16 Å². The summed E-state index contributed by atoms with van der Waals surface area (Å²) in [6.45, 7) is 0. The first-order chi connectivity index (χ1) is 11.3. The Morgan fingerprint density at radius 1 is 1.29 bits per heavy atom. The van der Waals surface area contributed by atoms with Gasteiger partial charge in [-0.25, -0.2) is 0 Å². The lowest BCUT2D eigenvalue weighted by molar-refractivity contribution is -0.141. The van der Waals surface area contributed by atoms with Gasteiger partial charge in [0.2, 0.25) is 0 Å². The van der Waals surface area contributed by atoms with Crippen molar-refractivity contribution in [1.82, 2.24) is 0 Å². The fourth-order valence-electron chi connectivity index (χ4n) is 2.26. The molecule has 24 heavy (non-hydrogen) atoms. The lowest BCUT2D eigenvalue weighted by Crippen LogP contribution is -2.52. The number of hydrogen-bond donors (Lipinski definition) is 5. The number of rotatable bonds is 7. The van der Waals surface area contributed by atoms with Crippen molar-refractivity contribution in [3.05, 3.63) is 35.4 Å². The van der Waals surface area contributed by atoms with Gasteiger partial charge in [0.15, 0.2) is 5.78 Å². The van der Waals surface area contributed by atoms with Crippen LogP contribution in [0.15, 0.2) is 29.4 Å². The molecule has 1 heterocycles. The minimum absolute atomic E-state index is 0.0293. The third-order valence-electron chi connectivity index (χ3n) is 3.73. The van der Waals surface area contributed by atoms with E-state index in [-0.39, 0.29) is 12.3 Å². The van der Waals surface area contributed by atoms with E-state index >= 15 is 0 Å². The first-order valence-corrected chi connectivity index (χ1v) is 7.23. The number of amidine groups is 1. The molecule has 1 aromatic rings. The van der Waals surface area contributed by atoms with Crippen LogP contribution in [0.2, 0.25) is 0 Å². The number of Topliss-reactive ketones (excluding diaryl/α,β-unsaturated/α-hetero) is 1. The lowest BCUT2D eigenvalue weighted by atomic mass is 9.97. The van der Waals surface area contributed by atoms with Gasteiger partial charge in [-0.15, -0.1) is 0 Å². The highest BCUT2D eigenvalue weighted by atomic mass is 16.6. The normalized spacial score (nSPS) is 19.1. The van der Waals surface area contributed by atoms with Crippen molar-refractivity contribution in [2.45, 2.75) is 31.0 Å². The number of hydrogen-bond acceptors (Lipinski definition) is 7. The molecule has 0 saturated carbocycles. The molecule has 0 aliphatic carbocycles. The zero-order valence-electron chi connectivity index (χ0n) is 12.8. The van der Waals surface area contributed by atoms with Gasteiger partial charge >= 0.3 is 5.97 Å². The fourth-order valence-corrected chi connectivity index (χ4v) is 2.26. The van der Waals surface area contributed by atoms with Gasteiger partial charge in [0.1, 0.15) is 18.0 Å². The topological polar surface area (TPSA) is 178 Å². The maximum atomic E-state index is 12.0. The van der Waals surface area contributed by atoms with Crippen molar-refractivity contribution in [3.63, 3.8) is 0 Å². The van der Waals surface area contributed by atoms with Gasteiger partial charge in [-0.05, 0) is 5.56 Å². The Hall–Kier alpha value is -2.78. The van der Waals surface area contributed by atoms with Gasteiger partial charge in [-0.1, -0.05) is 29.4 Å². The van der Waals surface area contributed by atoms with Crippen LogP contribution in [0.5, 0.6) is 0 Å². The van der Waals surface area contributed by atoms with Gasteiger partial charge in [0, 0.05) is 18.4 Å². The van der Waals surface area contributed by atoms with Crippen LogP contribution >= 0.6 is 0 Å². The highest BCUT2D eigenvalue weighted by Gasteiger charge is 2.31. The molecule has 0 spiro atoms. The van der Waals surface area contributed by atoms with Crippen molar-refractivity contribution >= 4 is 23.3 Å². The number of nitrogens with two attached hydrogens (primary N) is 3. The van der Waals surface area contributed by atoms with Crippen LogP contribution in [-0.2, 0) is 14.4 Å². The Bertz CT molecular complexity index is 686. The van der Waals surface area contributed by atoms with Crippen LogP contribution in [0.1, 0.15) is 24.0 Å². The quantitative estimate of drug-likeness (QED) is 0.319. The number of aliphatic carboxylic acids is 1. The van der Waals surface area contributed by atoms with Crippen LogP contribution in [0.3, 0.4) is 0 Å². The summed E-state index contributed by atoms with van der Waals surface area (Å²) in [6.07, 6.45) is -0.187. The number of nitrogen functional groups attached to an aromatic ring is 1. The predicted molar refractivity (Wildman–Crippen MR) is 86.7 cm³/mol. The molecule has 1 aliphatic rings. The number of carboxylic acid groups (broad SMARTS) is 1. The van der Waals surface area contributed by atoms with E-state index in [0.29, 0.717) is 17.7 Å². The van der Waals surface area contributed by atoms with E-state index < -0.39 is 29.9 Å². The van der Waals surface area contributed by atoms with Crippen molar-refractivity contribution in [1.29, 1.82) is 5.41 Å². The number of ketones is 1. The Balaban J connectivity index is 1.93. The number of nitrogens with one attached hydrogen (secondary N) is 1. The summed E-state index contributed by atoms with van der Waals surface area (Å²) >= 11 is 0. The average molecular weight is 333 g/mol. The highest BCUT2D eigenvalue weighted by molar-refractivity contribution is 6.03. The van der Waals surface area contributed by atoms with Crippen LogP contribution in [0, 0.1) is 5.41 Å². The summed E-state index contributed by atoms with van der Waals surface area (Å²) in [6, 6.07) is 4.18. The summed E-state index contributed by atoms with van der Waals surface area (Å²) in [5.74, 6) is -1.85. The predicted octanol–water partition coefficient (Wildman–Crippen LogP) is -0.838. The van der Waals surface area contributed by atoms with Crippen molar-refractivity contribution in [3.8, 4) is 0 Å². The zero-order chi connectivity index (χ0) is 17.9. The van der Waals surface area contributed by atoms with Crippen molar-refractivity contribution in [2.24, 2.45) is 22.4 Å². The Kier molecular flexibility index (Phi) is 5.27. The largest absolute Gasteiger partial charge is 0.480 e. The molecule has 2 rings (SSSR count). The molecule has 128 valence electrons. The second-order valence-electron chi connectivity index (χ2n) is 5.52. The first-order valence-electron chi connectivity index (χ1n) is 7.23. The van der Waals surface area contributed by atoms with Crippen LogP contribution in [0.4, 0.5) is 0 Å². The summed E-state index contributed by atoms with van der Waals surface area (Å²) in [7, 11) is 0. The summed E-state index contributed by atoms with van der Waals surface area (Å²) in [5.41, 5.74) is 18.3. The molecule has 9 heteroatoms. The van der Waals surface area contributed by atoms with E-state index in [0.717, 1.165) is 5.56 Å². The van der Waals surface area contributed by atoms with Gasteiger partial charge in [0.05, 0.1) is 11.8 Å². The van der Waals surface area contributed by atoms with Crippen LogP contribution in [-0.4, -0.2) is 46.6 Å². The minimum Gasteiger partial charge on any atom is -0.480 e. The molecule has 9 nitrogen and oxygen atoms in total. The maximum absolute atomic E-state index is 12.0. The summed E-state index contributed by atoms with van der Waals surface area (Å²) in [5, 5.41) is 20.1. The Morgan fingerprint density at radius 2 is 1.92 bits per heavy atom. The molecule has 3 atom stereocenters. The molecule has 0 amide bonds. The molecule has 1 unspecified atom stereocenters. The monoisotopic (exact) mass is 333 g/mol. The van der Waals surface area contributed by atoms with Crippen molar-refractivity contribution in [2.75, 3.05) is 0 Å². The van der Waals surface area contributed by atoms with Crippen molar-refractivity contribution < 1.29 is 19.5 Å². The Labute approximate surface area is 137 Å². The average Bonchev–Trinajstić information content (AvgIpc) is 3.01. The molecule has 8 N–H and O–H groups in total. The molecule has 0 bridgehead atoms. The highest BCUT2D eigenvalue weighted by Crippen LogP contribution is 2.20. The second kappa shape index (κ2) is 7.20. The molecule has 0 radical (unpaired) electrons. The molecule has 0 saturated heterocycles. The standard InChI is InChI=1S/C15H19N5O4/c16-12(13(17)15(22)23)11(21)6-9-5-10(20-24-9)7-1-3-8(4-2-7)14(18)19/h1-4,9,12-13H,5-6,16-17H2,(H3,18,19)(H,22,23)/t9-,12?,13-/m0/s1. The summed E-state index contributed by atoms with van der Waals surface area (Å²) in [4.78, 5) is 27.9. The van der Waals surface area contributed by atoms with Gasteiger partial charge in [0.25, 0.3) is 0 Å². The van der Waals surface area contributed by atoms with E-state index in [1.807, 2.05) is 0 Å². The smallest absolute Gasteiger partial charge is 0.322 e. The third kappa shape index (κ3) is 3.94. The molecular weight excluding hydrogens is 314 g/mol. The van der Waals surface area contributed by atoms with E-state index in [1.165, 1.54) is 0 Å². The first kappa shape index (κ1) is 17.6. The minimum atomic E-state index is -1.45. The van der Waals surface area contributed by atoms with Crippen LogP contribution in [0.25, 0.3) is 0 Å². The number of oxime groups is 1. The third-order valence-corrected chi connectivity index (χ3v) is 3.73. The maximum Gasteiger partial charge on any atom is 0.322 e. The number of carboxylic acids is 1. The SMILES string of the molecule is N=C(N)c1ccc(C2=NO[C@H](CC(=O)C(N)[C@H](N)C(=O)O)C2)cc1. The van der Waals surface area contributed by atoms with E-state index in [4.69, 9.17) is 32.6 Å². The Morgan fingerprint density at radius 3 is 2.46 bits per heavy atom. The van der Waals surface area contributed by atoms with E-state index in [1.54, 1.807) is 24.3 Å². The fraction of sp³-hybridized carbons (Fsp3) is 0.333. The molecule has 0 fully saturated rings. The van der Waals surface area contributed by atoms with Gasteiger partial charge < -0.3 is 27.1 Å². The molecule has 1 aromatic carbocycles. The van der Waals surface area contributed by atoms with E-state index in [9.17, 15) is 9.59 Å².